The third-order valence-corrected chi connectivity index (χ3v) is 4.42. The lowest BCUT2D eigenvalue weighted by atomic mass is 10.1. The molecule has 5 nitrogen and oxygen atoms in total. The van der Waals surface area contributed by atoms with E-state index in [2.05, 4.69) is 5.32 Å². The van der Waals surface area contributed by atoms with Gasteiger partial charge in [0.2, 0.25) is 5.91 Å². The molecule has 3 rings (SSSR count). The number of hydrogen-bond donors (Lipinski definition) is 1. The summed E-state index contributed by atoms with van der Waals surface area (Å²) >= 11 is 0. The van der Waals surface area contributed by atoms with Crippen LogP contribution in [0.4, 0.5) is 0 Å². The van der Waals surface area contributed by atoms with Gasteiger partial charge in [0.1, 0.15) is 5.75 Å². The van der Waals surface area contributed by atoms with Crippen molar-refractivity contribution in [1.82, 2.24) is 10.2 Å². The number of carbonyl (C=O) groups is 2. The monoisotopic (exact) mass is 352 g/mol. The van der Waals surface area contributed by atoms with E-state index in [9.17, 15) is 9.59 Å². The highest BCUT2D eigenvalue weighted by molar-refractivity contribution is 5.94. The summed E-state index contributed by atoms with van der Waals surface area (Å²) in [4.78, 5) is 25.9. The van der Waals surface area contributed by atoms with Crippen molar-refractivity contribution in [1.29, 1.82) is 0 Å². The highest BCUT2D eigenvalue weighted by Crippen LogP contribution is 2.15. The van der Waals surface area contributed by atoms with Gasteiger partial charge in [-0.05, 0) is 48.7 Å². The fraction of sp³-hybridized carbons (Fsp3) is 0.333. The summed E-state index contributed by atoms with van der Waals surface area (Å²) in [6.07, 6.45) is 1.58. The first kappa shape index (κ1) is 18.0. The van der Waals surface area contributed by atoms with Crippen LogP contribution in [0.5, 0.6) is 5.75 Å². The van der Waals surface area contributed by atoms with Crippen LogP contribution >= 0.6 is 0 Å². The fourth-order valence-corrected chi connectivity index (χ4v) is 3.05. The molecule has 1 aliphatic rings. The lowest BCUT2D eigenvalue weighted by Crippen LogP contribution is -2.24. The Kier molecular flexibility index (Phi) is 5.89. The van der Waals surface area contributed by atoms with Gasteiger partial charge in [-0.15, -0.1) is 0 Å². The van der Waals surface area contributed by atoms with E-state index in [1.165, 1.54) is 0 Å². The van der Waals surface area contributed by atoms with Crippen LogP contribution in [0.3, 0.4) is 0 Å². The topological polar surface area (TPSA) is 58.6 Å². The smallest absolute Gasteiger partial charge is 0.251 e. The number of ether oxygens (including phenoxy) is 1. The molecule has 1 aliphatic heterocycles. The highest BCUT2D eigenvalue weighted by atomic mass is 16.5. The van der Waals surface area contributed by atoms with Crippen LogP contribution in [-0.4, -0.2) is 29.9 Å². The first-order valence-electron chi connectivity index (χ1n) is 9.02. The van der Waals surface area contributed by atoms with Crippen molar-refractivity contribution in [2.24, 2.45) is 0 Å². The van der Waals surface area contributed by atoms with Gasteiger partial charge in [-0.3, -0.25) is 9.59 Å². The van der Waals surface area contributed by atoms with Crippen molar-refractivity contribution < 1.29 is 14.3 Å². The number of nitrogens with zero attached hydrogens (tertiary/aromatic N) is 1. The highest BCUT2D eigenvalue weighted by Gasteiger charge is 2.19. The maximum Gasteiger partial charge on any atom is 0.251 e. The number of amides is 2. The molecule has 0 unspecified atom stereocenters. The number of benzene rings is 2. The summed E-state index contributed by atoms with van der Waals surface area (Å²) in [5, 5.41) is 2.93. The van der Waals surface area contributed by atoms with Crippen molar-refractivity contribution in [2.75, 3.05) is 13.2 Å². The molecule has 1 heterocycles. The summed E-state index contributed by atoms with van der Waals surface area (Å²) in [7, 11) is 0. The Balaban J connectivity index is 1.54. The first-order valence-corrected chi connectivity index (χ1v) is 9.02. The average Bonchev–Trinajstić information content (AvgIpc) is 3.06. The van der Waals surface area contributed by atoms with Crippen molar-refractivity contribution in [3.63, 3.8) is 0 Å². The van der Waals surface area contributed by atoms with E-state index >= 15 is 0 Å². The molecule has 0 spiro atoms. The molecule has 0 saturated carbocycles. The van der Waals surface area contributed by atoms with Crippen molar-refractivity contribution in [3.8, 4) is 5.75 Å². The Morgan fingerprint density at radius 3 is 2.65 bits per heavy atom. The van der Waals surface area contributed by atoms with Crippen molar-refractivity contribution in [2.45, 2.75) is 32.9 Å². The molecule has 136 valence electrons. The standard InChI is InChI=1S/C21H24N2O3/c1-2-26-19-6-3-5-17(13-19)14-22-21(25)18-10-8-16(9-11-18)15-23-12-4-7-20(23)24/h3,5-6,8-11,13H,2,4,7,12,14-15H2,1H3,(H,22,25). The largest absolute Gasteiger partial charge is 0.494 e. The second kappa shape index (κ2) is 8.52. The zero-order valence-corrected chi connectivity index (χ0v) is 15.0. The van der Waals surface area contributed by atoms with Gasteiger partial charge in [0.05, 0.1) is 6.61 Å². The summed E-state index contributed by atoms with van der Waals surface area (Å²) in [6.45, 7) is 4.44. The summed E-state index contributed by atoms with van der Waals surface area (Å²) in [5.74, 6) is 0.900. The van der Waals surface area contributed by atoms with Gasteiger partial charge in [0, 0.05) is 31.6 Å². The third kappa shape index (κ3) is 4.63. The maximum absolute atomic E-state index is 12.3. The number of rotatable bonds is 7. The summed E-state index contributed by atoms with van der Waals surface area (Å²) < 4.78 is 5.47. The molecule has 2 aromatic rings. The Morgan fingerprint density at radius 2 is 1.96 bits per heavy atom. The van der Waals surface area contributed by atoms with Crippen LogP contribution in [0.1, 0.15) is 41.3 Å². The van der Waals surface area contributed by atoms with E-state index in [1.54, 1.807) is 0 Å². The van der Waals surface area contributed by atoms with Gasteiger partial charge in [0.25, 0.3) is 5.91 Å². The van der Waals surface area contributed by atoms with E-state index < -0.39 is 0 Å². The van der Waals surface area contributed by atoms with Crippen LogP contribution in [0.25, 0.3) is 0 Å². The molecule has 1 saturated heterocycles. The lowest BCUT2D eigenvalue weighted by Gasteiger charge is -2.15. The number of likely N-dealkylation sites (tertiary alicyclic amines) is 1. The minimum absolute atomic E-state index is 0.115. The van der Waals surface area contributed by atoms with Crippen LogP contribution < -0.4 is 10.1 Å². The van der Waals surface area contributed by atoms with E-state index in [-0.39, 0.29) is 11.8 Å². The Hall–Kier alpha value is -2.82. The Morgan fingerprint density at radius 1 is 1.15 bits per heavy atom. The van der Waals surface area contributed by atoms with Gasteiger partial charge in [0.15, 0.2) is 0 Å². The van der Waals surface area contributed by atoms with E-state index in [1.807, 2.05) is 60.4 Å². The second-order valence-corrected chi connectivity index (χ2v) is 6.38. The van der Waals surface area contributed by atoms with Gasteiger partial charge in [-0.2, -0.15) is 0 Å². The fourth-order valence-electron chi connectivity index (χ4n) is 3.05. The zero-order valence-electron chi connectivity index (χ0n) is 15.0. The molecule has 0 bridgehead atoms. The predicted octanol–water partition coefficient (Wildman–Crippen LogP) is 3.14. The van der Waals surface area contributed by atoms with Crippen molar-refractivity contribution >= 4 is 11.8 Å². The SMILES string of the molecule is CCOc1cccc(CNC(=O)c2ccc(CN3CCCC3=O)cc2)c1. The first-order chi connectivity index (χ1) is 12.7. The molecule has 2 amide bonds. The molecular formula is C21H24N2O3. The number of carbonyl (C=O) groups excluding carboxylic acids is 2. The quantitative estimate of drug-likeness (QED) is 0.833. The molecule has 0 aliphatic carbocycles. The molecule has 1 N–H and O–H groups in total. The molecule has 26 heavy (non-hydrogen) atoms. The number of hydrogen-bond acceptors (Lipinski definition) is 3. The summed E-state index contributed by atoms with van der Waals surface area (Å²) in [5.41, 5.74) is 2.65. The minimum atomic E-state index is -0.115. The van der Waals surface area contributed by atoms with Crippen LogP contribution in [0, 0.1) is 0 Å². The predicted molar refractivity (Wildman–Crippen MR) is 99.9 cm³/mol. The molecule has 0 aromatic heterocycles. The third-order valence-electron chi connectivity index (χ3n) is 4.42. The molecule has 5 heteroatoms. The van der Waals surface area contributed by atoms with Crippen LogP contribution in [0.15, 0.2) is 48.5 Å². The lowest BCUT2D eigenvalue weighted by molar-refractivity contribution is -0.128. The van der Waals surface area contributed by atoms with Crippen molar-refractivity contribution in [3.05, 3.63) is 65.2 Å². The van der Waals surface area contributed by atoms with Gasteiger partial charge in [-0.25, -0.2) is 0 Å². The van der Waals surface area contributed by atoms with Gasteiger partial charge in [-0.1, -0.05) is 24.3 Å². The zero-order chi connectivity index (χ0) is 18.4. The minimum Gasteiger partial charge on any atom is -0.494 e. The van der Waals surface area contributed by atoms with E-state index in [4.69, 9.17) is 4.74 Å². The van der Waals surface area contributed by atoms with Crippen LogP contribution in [0.2, 0.25) is 0 Å². The van der Waals surface area contributed by atoms with Gasteiger partial charge < -0.3 is 15.0 Å². The Labute approximate surface area is 154 Å². The number of nitrogens with one attached hydrogen (secondary N) is 1. The average molecular weight is 352 g/mol. The van der Waals surface area contributed by atoms with Gasteiger partial charge >= 0.3 is 0 Å². The molecular weight excluding hydrogens is 328 g/mol. The van der Waals surface area contributed by atoms with Crippen LogP contribution in [-0.2, 0) is 17.9 Å². The molecule has 2 aromatic carbocycles. The molecule has 1 fully saturated rings. The van der Waals surface area contributed by atoms with E-state index in [0.717, 1.165) is 29.8 Å². The normalized spacial score (nSPS) is 13.7. The van der Waals surface area contributed by atoms with E-state index in [0.29, 0.717) is 31.7 Å². The summed E-state index contributed by atoms with van der Waals surface area (Å²) in [6, 6.07) is 15.1. The maximum atomic E-state index is 12.3. The Bertz CT molecular complexity index is 771. The molecule has 0 atom stereocenters. The molecule has 0 radical (unpaired) electrons. The second-order valence-electron chi connectivity index (χ2n) is 6.38.